The van der Waals surface area contributed by atoms with Gasteiger partial charge in [0, 0.05) is 5.56 Å². The number of aliphatic hydroxyl groups is 1. The molecule has 0 aliphatic heterocycles. The van der Waals surface area contributed by atoms with Crippen molar-refractivity contribution in [3.8, 4) is 11.5 Å². The highest BCUT2D eigenvalue weighted by Crippen LogP contribution is 2.22. The molecule has 4 nitrogen and oxygen atoms in total. The van der Waals surface area contributed by atoms with Crippen LogP contribution in [0.1, 0.15) is 22.0 Å². The van der Waals surface area contributed by atoms with Crippen LogP contribution < -0.4 is 9.47 Å². The molecular weight excluding hydrogens is 256 g/mol. The minimum absolute atomic E-state index is 0.349. The highest BCUT2D eigenvalue weighted by molar-refractivity contribution is 5.99. The number of ether oxygens (including phenoxy) is 2. The van der Waals surface area contributed by atoms with Gasteiger partial charge in [-0.1, -0.05) is 12.1 Å². The molecule has 0 radical (unpaired) electrons. The molecule has 0 unspecified atom stereocenters. The van der Waals surface area contributed by atoms with Crippen LogP contribution in [-0.2, 0) is 0 Å². The molecular formula is C16H16O4. The largest absolute Gasteiger partial charge is 0.497 e. The first-order valence-electron chi connectivity index (χ1n) is 6.16. The zero-order chi connectivity index (χ0) is 14.5. The van der Waals surface area contributed by atoms with Crippen molar-refractivity contribution in [2.45, 2.75) is 6.10 Å². The molecule has 104 valence electrons. The second-order valence-electron chi connectivity index (χ2n) is 4.27. The van der Waals surface area contributed by atoms with Gasteiger partial charge in [-0.25, -0.2) is 0 Å². The average molecular weight is 272 g/mol. The van der Waals surface area contributed by atoms with E-state index in [-0.39, 0.29) is 5.78 Å². The predicted molar refractivity (Wildman–Crippen MR) is 75.3 cm³/mol. The normalized spacial score (nSPS) is 11.8. The van der Waals surface area contributed by atoms with Crippen molar-refractivity contribution in [1.29, 1.82) is 0 Å². The number of hydrogen-bond donors (Lipinski definition) is 1. The summed E-state index contributed by atoms with van der Waals surface area (Å²) in [6.07, 6.45) is -1.19. The van der Waals surface area contributed by atoms with Gasteiger partial charge in [-0.15, -0.1) is 0 Å². The van der Waals surface area contributed by atoms with Gasteiger partial charge in [-0.05, 0) is 42.0 Å². The van der Waals surface area contributed by atoms with Gasteiger partial charge < -0.3 is 14.6 Å². The van der Waals surface area contributed by atoms with Crippen LogP contribution in [0.4, 0.5) is 0 Å². The summed E-state index contributed by atoms with van der Waals surface area (Å²) in [5.74, 6) is 0.996. The van der Waals surface area contributed by atoms with Crippen LogP contribution in [0.25, 0.3) is 0 Å². The third-order valence-electron chi connectivity index (χ3n) is 3.05. The summed E-state index contributed by atoms with van der Waals surface area (Å²) in [5, 5.41) is 10.1. The Bertz CT molecular complexity index is 572. The molecule has 20 heavy (non-hydrogen) atoms. The minimum Gasteiger partial charge on any atom is -0.497 e. The quantitative estimate of drug-likeness (QED) is 0.850. The smallest absolute Gasteiger partial charge is 0.195 e. The second-order valence-corrected chi connectivity index (χ2v) is 4.27. The molecule has 0 aliphatic rings. The van der Waals surface area contributed by atoms with E-state index in [9.17, 15) is 9.90 Å². The fourth-order valence-corrected chi connectivity index (χ4v) is 1.85. The first-order chi connectivity index (χ1) is 9.65. The van der Waals surface area contributed by atoms with Crippen molar-refractivity contribution < 1.29 is 19.4 Å². The Morgan fingerprint density at radius 2 is 1.35 bits per heavy atom. The number of carbonyl (C=O) groups excluding carboxylic acids is 1. The summed E-state index contributed by atoms with van der Waals surface area (Å²) < 4.78 is 10.1. The molecule has 0 amide bonds. The number of hydrogen-bond acceptors (Lipinski definition) is 4. The molecule has 0 fully saturated rings. The summed E-state index contributed by atoms with van der Waals surface area (Å²) >= 11 is 0. The molecule has 2 rings (SSSR count). The maximum Gasteiger partial charge on any atom is 0.195 e. The lowest BCUT2D eigenvalue weighted by molar-refractivity contribution is 0.0747. The van der Waals surface area contributed by atoms with E-state index in [1.807, 2.05) is 0 Å². The lowest BCUT2D eigenvalue weighted by atomic mass is 10.00. The zero-order valence-corrected chi connectivity index (χ0v) is 11.4. The van der Waals surface area contributed by atoms with Gasteiger partial charge >= 0.3 is 0 Å². The molecule has 1 N–H and O–H groups in total. The van der Waals surface area contributed by atoms with Crippen molar-refractivity contribution in [2.24, 2.45) is 0 Å². The number of benzene rings is 2. The average Bonchev–Trinajstić information content (AvgIpc) is 2.53. The molecule has 2 aromatic carbocycles. The van der Waals surface area contributed by atoms with E-state index in [0.717, 1.165) is 0 Å². The van der Waals surface area contributed by atoms with Crippen molar-refractivity contribution in [3.05, 3.63) is 59.7 Å². The van der Waals surface area contributed by atoms with E-state index >= 15 is 0 Å². The van der Waals surface area contributed by atoms with E-state index < -0.39 is 6.10 Å². The Hall–Kier alpha value is -2.33. The maximum atomic E-state index is 12.2. The molecule has 0 bridgehead atoms. The van der Waals surface area contributed by atoms with Crippen LogP contribution in [-0.4, -0.2) is 25.1 Å². The fraction of sp³-hybridized carbons (Fsp3) is 0.188. The van der Waals surface area contributed by atoms with Crippen LogP contribution in [0.3, 0.4) is 0 Å². The molecule has 2 aromatic rings. The Morgan fingerprint density at radius 3 is 1.80 bits per heavy atom. The summed E-state index contributed by atoms with van der Waals surface area (Å²) in [6, 6.07) is 13.4. The maximum absolute atomic E-state index is 12.2. The van der Waals surface area contributed by atoms with Gasteiger partial charge in [0.2, 0.25) is 0 Å². The van der Waals surface area contributed by atoms with Gasteiger partial charge in [0.15, 0.2) is 5.78 Å². The van der Waals surface area contributed by atoms with Gasteiger partial charge in [0.1, 0.15) is 17.6 Å². The third-order valence-corrected chi connectivity index (χ3v) is 3.05. The minimum atomic E-state index is -1.19. The number of Topliss-reactive ketones (excluding diaryl/α,β-unsaturated/α-hetero) is 1. The molecule has 0 heterocycles. The second kappa shape index (κ2) is 6.21. The molecule has 0 aromatic heterocycles. The summed E-state index contributed by atoms with van der Waals surface area (Å²) in [6.45, 7) is 0. The first-order valence-corrected chi connectivity index (χ1v) is 6.16. The Morgan fingerprint density at radius 1 is 0.900 bits per heavy atom. The Kier molecular flexibility index (Phi) is 4.38. The van der Waals surface area contributed by atoms with Gasteiger partial charge in [0.25, 0.3) is 0 Å². The van der Waals surface area contributed by atoms with E-state index in [1.54, 1.807) is 62.8 Å². The van der Waals surface area contributed by atoms with Crippen LogP contribution in [0.15, 0.2) is 48.5 Å². The summed E-state index contributed by atoms with van der Waals surface area (Å²) in [7, 11) is 3.12. The Labute approximate surface area is 117 Å². The van der Waals surface area contributed by atoms with E-state index in [1.165, 1.54) is 0 Å². The molecule has 0 saturated heterocycles. The predicted octanol–water partition coefficient (Wildman–Crippen LogP) is 2.62. The van der Waals surface area contributed by atoms with Crippen molar-refractivity contribution in [3.63, 3.8) is 0 Å². The number of methoxy groups -OCH3 is 2. The third kappa shape index (κ3) is 2.97. The molecule has 1 atom stereocenters. The highest BCUT2D eigenvalue weighted by Gasteiger charge is 2.19. The first kappa shape index (κ1) is 14.1. The van der Waals surface area contributed by atoms with Crippen molar-refractivity contribution in [2.75, 3.05) is 14.2 Å². The zero-order valence-electron chi connectivity index (χ0n) is 11.4. The van der Waals surface area contributed by atoms with Crippen LogP contribution in [0.5, 0.6) is 11.5 Å². The monoisotopic (exact) mass is 272 g/mol. The number of rotatable bonds is 5. The molecule has 0 spiro atoms. The van der Waals surface area contributed by atoms with Gasteiger partial charge in [-0.3, -0.25) is 4.79 Å². The van der Waals surface area contributed by atoms with Crippen LogP contribution in [0, 0.1) is 0 Å². The standard InChI is InChI=1S/C16H16O4/c1-19-13-7-3-11(4-8-13)15(17)16(18)12-5-9-14(20-2)10-6-12/h3-10,15,17H,1-2H3/t15-/m1/s1. The van der Waals surface area contributed by atoms with E-state index in [4.69, 9.17) is 9.47 Å². The lowest BCUT2D eigenvalue weighted by Crippen LogP contribution is -2.12. The Balaban J connectivity index is 2.17. The van der Waals surface area contributed by atoms with Crippen molar-refractivity contribution >= 4 is 5.78 Å². The molecule has 4 heteroatoms. The lowest BCUT2D eigenvalue weighted by Gasteiger charge is -2.11. The topological polar surface area (TPSA) is 55.8 Å². The molecule has 0 aliphatic carbocycles. The van der Waals surface area contributed by atoms with Gasteiger partial charge in [-0.2, -0.15) is 0 Å². The highest BCUT2D eigenvalue weighted by atomic mass is 16.5. The van der Waals surface area contributed by atoms with Crippen LogP contribution in [0.2, 0.25) is 0 Å². The summed E-state index contributed by atoms with van der Waals surface area (Å²) in [4.78, 5) is 12.2. The van der Waals surface area contributed by atoms with Crippen LogP contribution >= 0.6 is 0 Å². The fourth-order valence-electron chi connectivity index (χ4n) is 1.85. The molecule has 0 saturated carbocycles. The van der Waals surface area contributed by atoms with Crippen molar-refractivity contribution in [1.82, 2.24) is 0 Å². The van der Waals surface area contributed by atoms with E-state index in [2.05, 4.69) is 0 Å². The van der Waals surface area contributed by atoms with Gasteiger partial charge in [0.05, 0.1) is 14.2 Å². The van der Waals surface area contributed by atoms with E-state index in [0.29, 0.717) is 22.6 Å². The summed E-state index contributed by atoms with van der Waals surface area (Å²) in [5.41, 5.74) is 0.973. The number of aliphatic hydroxyl groups excluding tert-OH is 1. The SMILES string of the molecule is COc1ccc(C(=O)[C@H](O)c2ccc(OC)cc2)cc1. The number of carbonyl (C=O) groups is 1. The number of ketones is 1.